The first-order chi connectivity index (χ1) is 20.4. The second kappa shape index (κ2) is 19.7. The van der Waals surface area contributed by atoms with Crippen LogP contribution in [0.25, 0.3) is 0 Å². The van der Waals surface area contributed by atoms with Crippen molar-refractivity contribution in [2.45, 2.75) is 85.3 Å². The molecule has 5 atom stereocenters. The van der Waals surface area contributed by atoms with Gasteiger partial charge in [-0.15, -0.1) is 0 Å². The molecule has 2 amide bonds. The van der Waals surface area contributed by atoms with Gasteiger partial charge in [0.1, 0.15) is 18.1 Å². The third-order valence-corrected chi connectivity index (χ3v) is 6.76. The highest BCUT2D eigenvalue weighted by molar-refractivity contribution is 5.83. The van der Waals surface area contributed by atoms with E-state index in [-0.39, 0.29) is 30.6 Å². The lowest BCUT2D eigenvalue weighted by Crippen LogP contribution is -2.51. The van der Waals surface area contributed by atoms with Crippen molar-refractivity contribution in [3.8, 4) is 0 Å². The first-order valence-corrected chi connectivity index (χ1v) is 14.6. The SMILES string of the molecule is C/C=C\C[C@@H](C/C=C\NC(=O)[C@@H](NC\C(C=O)=C/C=C\C(C)=C\[C@H](C)[C@@H]1CC=C(OC)[C@H](O)O1)C(C)(C)C)OC(=O)NC. The van der Waals surface area contributed by atoms with Gasteiger partial charge < -0.3 is 35.3 Å². The van der Waals surface area contributed by atoms with E-state index in [1.54, 1.807) is 24.4 Å². The van der Waals surface area contributed by atoms with Gasteiger partial charge in [-0.1, -0.05) is 75.8 Å². The van der Waals surface area contributed by atoms with Crippen molar-refractivity contribution < 1.29 is 33.7 Å². The Balaban J connectivity index is 2.76. The van der Waals surface area contributed by atoms with Gasteiger partial charge in [0.05, 0.1) is 19.3 Å². The Morgan fingerprint density at radius 3 is 2.51 bits per heavy atom. The molecule has 0 saturated carbocycles. The van der Waals surface area contributed by atoms with Gasteiger partial charge in [0, 0.05) is 37.9 Å². The van der Waals surface area contributed by atoms with Crippen molar-refractivity contribution in [1.29, 1.82) is 0 Å². The standard InChI is InChI=1S/C33H51N3O7/c1-9-10-15-26(42-32(40)34-7)16-12-19-35-30(38)29(33(4,5)6)36-21-25(22-37)14-11-13-23(2)20-24(3)27-17-18-28(41-8)31(39)43-27/h9-14,18-20,22,24,26-27,29,31,36,39H,15-17,21H2,1-8H3,(H,34,40)(H,35,38)/b10-9-,13-11-,19-12-,23-20+,25-14+/t24-,26-,27-,29+,31+/m0/s1. The Kier molecular flexibility index (Phi) is 17.2. The number of ether oxygens (including phenoxy) is 3. The van der Waals surface area contributed by atoms with Gasteiger partial charge in [0.2, 0.25) is 12.2 Å². The number of aliphatic hydroxyl groups is 1. The summed E-state index contributed by atoms with van der Waals surface area (Å²) in [6.07, 6.45) is 16.7. The summed E-state index contributed by atoms with van der Waals surface area (Å²) in [5.74, 6) is 0.231. The Hall–Kier alpha value is -3.47. The number of nitrogens with one attached hydrogen (secondary N) is 3. The molecule has 1 aliphatic heterocycles. The zero-order valence-corrected chi connectivity index (χ0v) is 26.9. The lowest BCUT2D eigenvalue weighted by Gasteiger charge is -2.30. The summed E-state index contributed by atoms with van der Waals surface area (Å²) in [4.78, 5) is 36.4. The molecule has 0 unspecified atom stereocenters. The van der Waals surface area contributed by atoms with Crippen LogP contribution in [0.3, 0.4) is 0 Å². The third kappa shape index (κ3) is 14.5. The minimum Gasteiger partial charge on any atom is -0.496 e. The highest BCUT2D eigenvalue weighted by Gasteiger charge is 2.30. The van der Waals surface area contributed by atoms with E-state index >= 15 is 0 Å². The van der Waals surface area contributed by atoms with Crippen LogP contribution >= 0.6 is 0 Å². The molecule has 0 fully saturated rings. The second-order valence-electron chi connectivity index (χ2n) is 11.5. The van der Waals surface area contributed by atoms with Gasteiger partial charge in [-0.2, -0.15) is 0 Å². The molecule has 10 heteroatoms. The van der Waals surface area contributed by atoms with Gasteiger partial charge in [0.15, 0.2) is 0 Å². The van der Waals surface area contributed by atoms with Gasteiger partial charge >= 0.3 is 6.09 Å². The molecule has 0 bridgehead atoms. The van der Waals surface area contributed by atoms with E-state index in [0.29, 0.717) is 30.6 Å². The third-order valence-electron chi connectivity index (χ3n) is 6.76. The fourth-order valence-corrected chi connectivity index (χ4v) is 4.33. The smallest absolute Gasteiger partial charge is 0.407 e. The highest BCUT2D eigenvalue weighted by Crippen LogP contribution is 2.25. The van der Waals surface area contributed by atoms with Crippen LogP contribution in [-0.4, -0.2) is 68.6 Å². The number of rotatable bonds is 16. The van der Waals surface area contributed by atoms with Crippen molar-refractivity contribution >= 4 is 18.3 Å². The summed E-state index contributed by atoms with van der Waals surface area (Å²) in [5, 5.41) is 18.5. The second-order valence-corrected chi connectivity index (χ2v) is 11.5. The molecule has 10 nitrogen and oxygen atoms in total. The zero-order chi connectivity index (χ0) is 32.4. The Bertz CT molecular complexity index is 1080. The molecule has 4 N–H and O–H groups in total. The minimum absolute atomic E-state index is 0.0488. The summed E-state index contributed by atoms with van der Waals surface area (Å²) in [6, 6.07) is -0.577. The monoisotopic (exact) mass is 601 g/mol. The maximum Gasteiger partial charge on any atom is 0.407 e. The van der Waals surface area contributed by atoms with E-state index < -0.39 is 23.8 Å². The Morgan fingerprint density at radius 2 is 1.93 bits per heavy atom. The number of allylic oxidation sites excluding steroid dienone is 5. The summed E-state index contributed by atoms with van der Waals surface area (Å²) in [5.41, 5.74) is 1.04. The average molecular weight is 602 g/mol. The minimum atomic E-state index is -1.06. The summed E-state index contributed by atoms with van der Waals surface area (Å²) >= 11 is 0. The van der Waals surface area contributed by atoms with Crippen molar-refractivity contribution in [3.05, 3.63) is 71.7 Å². The summed E-state index contributed by atoms with van der Waals surface area (Å²) < 4.78 is 16.1. The normalized spacial score (nSPS) is 20.5. The fourth-order valence-electron chi connectivity index (χ4n) is 4.33. The van der Waals surface area contributed by atoms with Gasteiger partial charge in [-0.3, -0.25) is 9.59 Å². The quantitative estimate of drug-likeness (QED) is 0.0873. The van der Waals surface area contributed by atoms with Crippen LogP contribution in [0.1, 0.15) is 60.8 Å². The largest absolute Gasteiger partial charge is 0.496 e. The fraction of sp³-hybridized carbons (Fsp3) is 0.545. The van der Waals surface area contributed by atoms with Crippen LogP contribution in [0.2, 0.25) is 0 Å². The van der Waals surface area contributed by atoms with Crippen molar-refractivity contribution in [2.24, 2.45) is 11.3 Å². The van der Waals surface area contributed by atoms with Crippen molar-refractivity contribution in [3.63, 3.8) is 0 Å². The molecular formula is C33H51N3O7. The van der Waals surface area contributed by atoms with Gasteiger partial charge in [0.25, 0.3) is 0 Å². The molecule has 1 aliphatic rings. The number of aliphatic hydroxyl groups excluding tert-OH is 1. The molecule has 0 aliphatic carbocycles. The van der Waals surface area contributed by atoms with E-state index in [4.69, 9.17) is 14.2 Å². The predicted molar refractivity (Wildman–Crippen MR) is 169 cm³/mol. The Labute approximate surface area is 257 Å². The molecule has 43 heavy (non-hydrogen) atoms. The van der Waals surface area contributed by atoms with Crippen molar-refractivity contribution in [1.82, 2.24) is 16.0 Å². The lowest BCUT2D eigenvalue weighted by molar-refractivity contribution is -0.150. The number of hydrogen-bond acceptors (Lipinski definition) is 8. The van der Waals surface area contributed by atoms with Crippen LogP contribution < -0.4 is 16.0 Å². The molecule has 0 aromatic carbocycles. The maximum atomic E-state index is 13.0. The molecule has 1 heterocycles. The van der Waals surface area contributed by atoms with E-state index in [2.05, 4.69) is 16.0 Å². The van der Waals surface area contributed by atoms with Crippen LogP contribution in [0.4, 0.5) is 4.79 Å². The van der Waals surface area contributed by atoms with Gasteiger partial charge in [-0.05, 0) is 38.0 Å². The summed E-state index contributed by atoms with van der Waals surface area (Å²) in [6.45, 7) is 11.9. The number of amides is 2. The molecule has 0 spiro atoms. The van der Waals surface area contributed by atoms with Crippen LogP contribution in [0.15, 0.2) is 71.7 Å². The highest BCUT2D eigenvalue weighted by atomic mass is 16.6. The first-order valence-electron chi connectivity index (χ1n) is 14.6. The molecule has 1 rings (SSSR count). The van der Waals surface area contributed by atoms with Crippen LogP contribution in [-0.2, 0) is 23.8 Å². The molecule has 0 saturated heterocycles. The number of methoxy groups -OCH3 is 1. The molecule has 0 radical (unpaired) electrons. The van der Waals surface area contributed by atoms with Crippen LogP contribution in [0, 0.1) is 11.3 Å². The molecular weight excluding hydrogens is 550 g/mol. The number of carbonyl (C=O) groups excluding carboxylic acids is 3. The van der Waals surface area contributed by atoms with E-state index in [0.717, 1.165) is 11.9 Å². The maximum absolute atomic E-state index is 13.0. The van der Waals surface area contributed by atoms with Crippen molar-refractivity contribution in [2.75, 3.05) is 20.7 Å². The number of carbonyl (C=O) groups is 3. The zero-order valence-electron chi connectivity index (χ0n) is 26.9. The molecule has 0 aromatic heterocycles. The number of aldehydes is 1. The summed E-state index contributed by atoms with van der Waals surface area (Å²) in [7, 11) is 3.00. The topological polar surface area (TPSA) is 135 Å². The van der Waals surface area contributed by atoms with Crippen LogP contribution in [0.5, 0.6) is 0 Å². The van der Waals surface area contributed by atoms with Gasteiger partial charge in [-0.25, -0.2) is 4.79 Å². The molecule has 240 valence electrons. The van der Waals surface area contributed by atoms with E-state index in [1.807, 2.05) is 71.9 Å². The first kappa shape index (κ1) is 37.6. The number of hydrogen-bond donors (Lipinski definition) is 4. The Morgan fingerprint density at radius 1 is 1.23 bits per heavy atom. The predicted octanol–water partition coefficient (Wildman–Crippen LogP) is 4.60. The number of alkyl carbamates (subject to hydrolysis) is 1. The van der Waals surface area contributed by atoms with E-state index in [9.17, 15) is 19.5 Å². The van der Waals surface area contributed by atoms with E-state index in [1.165, 1.54) is 14.2 Å². The average Bonchev–Trinajstić information content (AvgIpc) is 2.96. The lowest BCUT2D eigenvalue weighted by atomic mass is 9.86. The molecule has 0 aromatic rings.